The Morgan fingerprint density at radius 2 is 1.79 bits per heavy atom. The Morgan fingerprint density at radius 3 is 2.52 bits per heavy atom. The first-order chi connectivity index (χ1) is 15.8. The summed E-state index contributed by atoms with van der Waals surface area (Å²) in [6.07, 6.45) is 0. The molecule has 1 heterocycles. The van der Waals surface area contributed by atoms with Gasteiger partial charge in [0.15, 0.2) is 5.58 Å². The molecular formula is C23H21N3O6S. The van der Waals surface area contributed by atoms with Gasteiger partial charge >= 0.3 is 5.76 Å². The van der Waals surface area contributed by atoms with Crippen molar-refractivity contribution in [2.45, 2.75) is 11.8 Å². The van der Waals surface area contributed by atoms with Gasteiger partial charge in [-0.25, -0.2) is 13.2 Å². The Morgan fingerprint density at radius 1 is 1.06 bits per heavy atom. The van der Waals surface area contributed by atoms with Crippen LogP contribution in [0, 0.1) is 0 Å². The van der Waals surface area contributed by atoms with E-state index in [1.54, 1.807) is 36.4 Å². The molecule has 0 radical (unpaired) electrons. The molecule has 10 heteroatoms. The zero-order chi connectivity index (χ0) is 23.6. The van der Waals surface area contributed by atoms with Crippen molar-refractivity contribution in [2.75, 3.05) is 16.6 Å². The van der Waals surface area contributed by atoms with Crippen LogP contribution in [0.15, 0.2) is 80.8 Å². The molecule has 0 aliphatic heterocycles. The lowest BCUT2D eigenvalue weighted by Gasteiger charge is -2.13. The largest absolute Gasteiger partial charge is 0.494 e. The molecule has 0 unspecified atom stereocenters. The van der Waals surface area contributed by atoms with Gasteiger partial charge in [0, 0.05) is 18.8 Å². The number of oxazole rings is 1. The third-order valence-electron chi connectivity index (χ3n) is 4.91. The summed E-state index contributed by atoms with van der Waals surface area (Å²) in [7, 11) is -2.54. The van der Waals surface area contributed by atoms with Gasteiger partial charge in [0.1, 0.15) is 5.75 Å². The molecule has 1 aromatic heterocycles. The number of para-hydroxylation sites is 1. The Balaban J connectivity index is 1.59. The van der Waals surface area contributed by atoms with Gasteiger partial charge in [-0.05, 0) is 55.5 Å². The average Bonchev–Trinajstić information content (AvgIpc) is 3.08. The fourth-order valence-corrected chi connectivity index (χ4v) is 4.35. The fourth-order valence-electron chi connectivity index (χ4n) is 3.25. The van der Waals surface area contributed by atoms with Crippen LogP contribution in [0.25, 0.3) is 11.1 Å². The molecule has 0 saturated carbocycles. The molecule has 0 aliphatic rings. The van der Waals surface area contributed by atoms with E-state index >= 15 is 0 Å². The molecule has 33 heavy (non-hydrogen) atoms. The van der Waals surface area contributed by atoms with Gasteiger partial charge < -0.3 is 14.5 Å². The van der Waals surface area contributed by atoms with Gasteiger partial charge in [-0.1, -0.05) is 12.1 Å². The van der Waals surface area contributed by atoms with E-state index in [0.717, 1.165) is 0 Å². The van der Waals surface area contributed by atoms with Crippen LogP contribution in [0.1, 0.15) is 17.3 Å². The Hall–Kier alpha value is -4.05. The summed E-state index contributed by atoms with van der Waals surface area (Å²) < 4.78 is 40.2. The standard InChI is InChI=1S/C23H21N3O6S/c1-3-31-16-10-8-15(9-11-16)24-22(27)18-6-4-5-7-19(18)25-33(29,30)17-12-13-20-21(14-17)32-23(28)26(20)2/h4-14,25H,3H2,1-2H3,(H,24,27). The van der Waals surface area contributed by atoms with Gasteiger partial charge in [-0.15, -0.1) is 0 Å². The number of ether oxygens (including phenoxy) is 1. The number of aromatic nitrogens is 1. The minimum absolute atomic E-state index is 0.105. The molecule has 0 aliphatic carbocycles. The number of nitrogens with one attached hydrogen (secondary N) is 2. The summed E-state index contributed by atoms with van der Waals surface area (Å²) in [6.45, 7) is 2.41. The van der Waals surface area contributed by atoms with Gasteiger partial charge in [0.05, 0.1) is 28.3 Å². The van der Waals surface area contributed by atoms with E-state index < -0.39 is 21.7 Å². The molecular weight excluding hydrogens is 446 g/mol. The number of nitrogens with zero attached hydrogens (tertiary/aromatic N) is 1. The second kappa shape index (κ2) is 8.83. The second-order valence-electron chi connectivity index (χ2n) is 7.12. The van der Waals surface area contributed by atoms with Gasteiger partial charge in [0.2, 0.25) is 0 Å². The minimum Gasteiger partial charge on any atom is -0.494 e. The number of amides is 1. The van der Waals surface area contributed by atoms with Crippen LogP contribution < -0.4 is 20.5 Å². The third kappa shape index (κ3) is 4.60. The van der Waals surface area contributed by atoms with Crippen molar-refractivity contribution < 1.29 is 22.4 Å². The first-order valence-electron chi connectivity index (χ1n) is 10.0. The van der Waals surface area contributed by atoms with E-state index in [1.165, 1.54) is 41.9 Å². The number of rotatable bonds is 7. The van der Waals surface area contributed by atoms with Gasteiger partial charge in [0.25, 0.3) is 15.9 Å². The molecule has 4 aromatic rings. The van der Waals surface area contributed by atoms with E-state index in [9.17, 15) is 18.0 Å². The van der Waals surface area contributed by atoms with E-state index in [2.05, 4.69) is 10.0 Å². The maximum absolute atomic E-state index is 13.0. The van der Waals surface area contributed by atoms with Crippen LogP contribution in [-0.2, 0) is 17.1 Å². The molecule has 0 spiro atoms. The minimum atomic E-state index is -4.07. The highest BCUT2D eigenvalue weighted by atomic mass is 32.2. The average molecular weight is 468 g/mol. The van der Waals surface area contributed by atoms with Crippen molar-refractivity contribution in [3.05, 3.63) is 82.8 Å². The zero-order valence-electron chi connectivity index (χ0n) is 17.9. The van der Waals surface area contributed by atoms with Crippen LogP contribution in [0.4, 0.5) is 11.4 Å². The number of carbonyl (C=O) groups is 1. The number of carbonyl (C=O) groups excluding carboxylic acids is 1. The van der Waals surface area contributed by atoms with Crippen LogP contribution in [-0.4, -0.2) is 25.5 Å². The van der Waals surface area contributed by atoms with E-state index in [-0.39, 0.29) is 21.7 Å². The maximum Gasteiger partial charge on any atom is 0.419 e. The molecule has 2 N–H and O–H groups in total. The Labute approximate surface area is 189 Å². The summed E-state index contributed by atoms with van der Waals surface area (Å²) in [5.74, 6) is -0.402. The lowest BCUT2D eigenvalue weighted by atomic mass is 10.1. The Kier molecular flexibility index (Phi) is 5.93. The normalized spacial score (nSPS) is 11.3. The number of aryl methyl sites for hydroxylation is 1. The topological polar surface area (TPSA) is 120 Å². The monoisotopic (exact) mass is 467 g/mol. The molecule has 9 nitrogen and oxygen atoms in total. The molecule has 1 amide bonds. The van der Waals surface area contributed by atoms with Gasteiger partial charge in [-0.3, -0.25) is 14.1 Å². The number of fused-ring (bicyclic) bond motifs is 1. The first-order valence-corrected chi connectivity index (χ1v) is 11.5. The van der Waals surface area contributed by atoms with Crippen molar-refractivity contribution in [3.63, 3.8) is 0 Å². The number of hydrogen-bond acceptors (Lipinski definition) is 6. The number of sulfonamides is 1. The van der Waals surface area contributed by atoms with Crippen LogP contribution >= 0.6 is 0 Å². The molecule has 4 rings (SSSR count). The summed E-state index contributed by atoms with van der Waals surface area (Å²) in [5.41, 5.74) is 1.39. The lowest BCUT2D eigenvalue weighted by molar-refractivity contribution is 0.102. The quantitative estimate of drug-likeness (QED) is 0.429. The number of hydrogen-bond donors (Lipinski definition) is 2. The van der Waals surface area contributed by atoms with Crippen LogP contribution in [0.2, 0.25) is 0 Å². The second-order valence-corrected chi connectivity index (χ2v) is 8.80. The van der Waals surface area contributed by atoms with Crippen LogP contribution in [0.3, 0.4) is 0 Å². The van der Waals surface area contributed by atoms with Crippen molar-refractivity contribution in [1.29, 1.82) is 0 Å². The zero-order valence-corrected chi connectivity index (χ0v) is 18.7. The highest BCUT2D eigenvalue weighted by Crippen LogP contribution is 2.24. The summed E-state index contributed by atoms with van der Waals surface area (Å²) >= 11 is 0. The smallest absolute Gasteiger partial charge is 0.419 e. The van der Waals surface area contributed by atoms with Crippen molar-refractivity contribution in [1.82, 2.24) is 4.57 Å². The van der Waals surface area contributed by atoms with Crippen molar-refractivity contribution in [2.24, 2.45) is 7.05 Å². The molecule has 3 aromatic carbocycles. The van der Waals surface area contributed by atoms with Crippen molar-refractivity contribution in [3.8, 4) is 5.75 Å². The predicted molar refractivity (Wildman–Crippen MR) is 124 cm³/mol. The fraction of sp³-hybridized carbons (Fsp3) is 0.130. The number of benzene rings is 3. The van der Waals surface area contributed by atoms with Gasteiger partial charge in [-0.2, -0.15) is 0 Å². The van der Waals surface area contributed by atoms with Crippen molar-refractivity contribution >= 4 is 38.4 Å². The number of anilines is 2. The predicted octanol–water partition coefficient (Wildman–Crippen LogP) is 3.58. The SMILES string of the molecule is CCOc1ccc(NC(=O)c2ccccc2NS(=O)(=O)c2ccc3c(c2)oc(=O)n3C)cc1. The summed E-state index contributed by atoms with van der Waals surface area (Å²) in [5, 5.41) is 2.74. The molecule has 0 bridgehead atoms. The molecule has 170 valence electrons. The van der Waals surface area contributed by atoms with E-state index in [4.69, 9.17) is 9.15 Å². The lowest BCUT2D eigenvalue weighted by Crippen LogP contribution is -2.18. The Bertz CT molecular complexity index is 1490. The third-order valence-corrected chi connectivity index (χ3v) is 6.28. The molecule has 0 saturated heterocycles. The summed E-state index contributed by atoms with van der Waals surface area (Å²) in [4.78, 5) is 24.4. The molecule has 0 atom stereocenters. The maximum atomic E-state index is 13.0. The molecule has 0 fully saturated rings. The highest BCUT2D eigenvalue weighted by molar-refractivity contribution is 7.92. The first kappa shape index (κ1) is 22.2. The highest BCUT2D eigenvalue weighted by Gasteiger charge is 2.20. The van der Waals surface area contributed by atoms with Crippen LogP contribution in [0.5, 0.6) is 5.75 Å². The van der Waals surface area contributed by atoms with E-state index in [0.29, 0.717) is 23.6 Å². The van der Waals surface area contributed by atoms with E-state index in [1.807, 2.05) is 6.92 Å². The summed E-state index contributed by atoms with van der Waals surface area (Å²) in [6, 6.07) is 17.2.